The summed E-state index contributed by atoms with van der Waals surface area (Å²) in [4.78, 5) is 23.3. The molecule has 1 amide bonds. The number of H-pyrrole nitrogens is 2. The number of imidazole rings is 1. The summed E-state index contributed by atoms with van der Waals surface area (Å²) in [6.45, 7) is 0.527. The van der Waals surface area contributed by atoms with Gasteiger partial charge in [-0.15, -0.1) is 0 Å². The number of fused-ring (bicyclic) bond motifs is 2. The van der Waals surface area contributed by atoms with Crippen LogP contribution in [0.1, 0.15) is 16.2 Å². The van der Waals surface area contributed by atoms with Crippen LogP contribution in [0.5, 0.6) is 0 Å². The zero-order valence-corrected chi connectivity index (χ0v) is 14.4. The van der Waals surface area contributed by atoms with Gasteiger partial charge in [0.05, 0.1) is 16.6 Å². The smallest absolute Gasteiger partial charge is 0.253 e. The summed E-state index contributed by atoms with van der Waals surface area (Å²) in [6, 6.07) is 13.7. The average molecular weight is 383 g/mol. The maximum Gasteiger partial charge on any atom is 0.253 e. The van der Waals surface area contributed by atoms with E-state index in [4.69, 9.17) is 0 Å². The van der Waals surface area contributed by atoms with Gasteiger partial charge in [0.25, 0.3) is 5.91 Å². The summed E-state index contributed by atoms with van der Waals surface area (Å²) in [5.74, 6) is 0.786. The summed E-state index contributed by atoms with van der Waals surface area (Å²) in [5, 5.41) is 3.86. The fraction of sp³-hybridized carbons (Fsp3) is 0.111. The highest BCUT2D eigenvalue weighted by Crippen LogP contribution is 2.22. The molecule has 2 aromatic carbocycles. The molecule has 0 atom stereocenters. The summed E-state index contributed by atoms with van der Waals surface area (Å²) in [6.07, 6.45) is 2.40. The Morgan fingerprint density at radius 1 is 1.17 bits per heavy atom. The number of aromatic amines is 2. The van der Waals surface area contributed by atoms with Crippen LogP contribution in [0.3, 0.4) is 0 Å². The average Bonchev–Trinajstić information content (AvgIpc) is 3.17. The predicted octanol–water partition coefficient (Wildman–Crippen LogP) is 3.78. The Bertz CT molecular complexity index is 1000. The SMILES string of the molecule is O=C(NCCc1nc2ccccc2[nH]1)c1c[nH]c2ccc(Br)cc12. The third kappa shape index (κ3) is 2.80. The van der Waals surface area contributed by atoms with E-state index in [-0.39, 0.29) is 5.91 Å². The van der Waals surface area contributed by atoms with Crippen LogP contribution in [0.25, 0.3) is 21.9 Å². The number of amides is 1. The largest absolute Gasteiger partial charge is 0.360 e. The number of carbonyl (C=O) groups excluding carboxylic acids is 1. The molecule has 24 heavy (non-hydrogen) atoms. The lowest BCUT2D eigenvalue weighted by Gasteiger charge is -2.03. The van der Waals surface area contributed by atoms with Gasteiger partial charge < -0.3 is 15.3 Å². The zero-order chi connectivity index (χ0) is 16.5. The molecule has 0 saturated carbocycles. The van der Waals surface area contributed by atoms with E-state index >= 15 is 0 Å². The second-order valence-electron chi connectivity index (χ2n) is 5.60. The first-order chi connectivity index (χ1) is 11.7. The number of benzene rings is 2. The number of rotatable bonds is 4. The minimum atomic E-state index is -0.0875. The highest BCUT2D eigenvalue weighted by Gasteiger charge is 2.12. The normalized spacial score (nSPS) is 11.2. The van der Waals surface area contributed by atoms with Gasteiger partial charge >= 0.3 is 0 Å². The molecule has 2 aromatic heterocycles. The Hall–Kier alpha value is -2.60. The quantitative estimate of drug-likeness (QED) is 0.502. The number of aromatic nitrogens is 3. The molecule has 0 aliphatic heterocycles. The van der Waals surface area contributed by atoms with Gasteiger partial charge in [0.15, 0.2) is 0 Å². The van der Waals surface area contributed by atoms with Crippen LogP contribution < -0.4 is 5.32 Å². The second kappa shape index (κ2) is 6.13. The Morgan fingerprint density at radius 2 is 2.04 bits per heavy atom. The van der Waals surface area contributed by atoms with Crippen molar-refractivity contribution in [3.05, 3.63) is 64.5 Å². The van der Waals surface area contributed by atoms with Crippen molar-refractivity contribution >= 4 is 43.8 Å². The van der Waals surface area contributed by atoms with E-state index in [9.17, 15) is 4.79 Å². The first-order valence-corrected chi connectivity index (χ1v) is 8.48. The molecule has 0 aliphatic carbocycles. The van der Waals surface area contributed by atoms with Crippen LogP contribution in [0.15, 0.2) is 53.1 Å². The molecule has 0 saturated heterocycles. The molecule has 5 nitrogen and oxygen atoms in total. The number of carbonyl (C=O) groups is 1. The van der Waals surface area contributed by atoms with E-state index in [1.807, 2.05) is 42.5 Å². The van der Waals surface area contributed by atoms with Crippen LogP contribution in [0.2, 0.25) is 0 Å². The molecule has 0 radical (unpaired) electrons. The van der Waals surface area contributed by atoms with Gasteiger partial charge in [-0.3, -0.25) is 4.79 Å². The molecule has 0 spiro atoms. The summed E-state index contributed by atoms with van der Waals surface area (Å²) >= 11 is 3.44. The van der Waals surface area contributed by atoms with Gasteiger partial charge in [-0.25, -0.2) is 4.98 Å². The van der Waals surface area contributed by atoms with Gasteiger partial charge in [-0.1, -0.05) is 28.1 Å². The van der Waals surface area contributed by atoms with Crippen LogP contribution in [0, 0.1) is 0 Å². The lowest BCUT2D eigenvalue weighted by molar-refractivity contribution is 0.0955. The molecule has 0 aliphatic rings. The van der Waals surface area contributed by atoms with E-state index in [2.05, 4.69) is 36.2 Å². The van der Waals surface area contributed by atoms with Crippen molar-refractivity contribution in [2.24, 2.45) is 0 Å². The lowest BCUT2D eigenvalue weighted by atomic mass is 10.1. The molecule has 2 heterocycles. The van der Waals surface area contributed by atoms with Gasteiger partial charge in [-0.2, -0.15) is 0 Å². The Balaban J connectivity index is 1.45. The summed E-state index contributed by atoms with van der Waals surface area (Å²) in [5.41, 5.74) is 3.55. The van der Waals surface area contributed by atoms with Crippen molar-refractivity contribution in [2.45, 2.75) is 6.42 Å². The van der Waals surface area contributed by atoms with Crippen molar-refractivity contribution in [2.75, 3.05) is 6.54 Å². The molecular weight excluding hydrogens is 368 g/mol. The minimum Gasteiger partial charge on any atom is -0.360 e. The van der Waals surface area contributed by atoms with E-state index in [0.717, 1.165) is 32.2 Å². The molecule has 4 aromatic rings. The Labute approximate surface area is 146 Å². The molecule has 6 heteroatoms. The third-order valence-electron chi connectivity index (χ3n) is 3.97. The maximum absolute atomic E-state index is 12.4. The first-order valence-electron chi connectivity index (χ1n) is 7.69. The number of hydrogen-bond donors (Lipinski definition) is 3. The van der Waals surface area contributed by atoms with E-state index < -0.39 is 0 Å². The molecule has 0 fully saturated rings. The predicted molar refractivity (Wildman–Crippen MR) is 98.1 cm³/mol. The fourth-order valence-electron chi connectivity index (χ4n) is 2.79. The first kappa shape index (κ1) is 15.0. The number of nitrogens with one attached hydrogen (secondary N) is 3. The standard InChI is InChI=1S/C18H15BrN4O/c19-11-5-6-14-12(9-11)13(10-21-14)18(24)20-8-7-17-22-15-3-1-2-4-16(15)23-17/h1-6,9-10,21H,7-8H2,(H,20,24)(H,22,23). The van der Waals surface area contributed by atoms with E-state index in [1.165, 1.54) is 0 Å². The van der Waals surface area contributed by atoms with Gasteiger partial charge in [0.1, 0.15) is 5.82 Å². The Morgan fingerprint density at radius 3 is 2.92 bits per heavy atom. The zero-order valence-electron chi connectivity index (χ0n) is 12.8. The molecule has 0 bridgehead atoms. The lowest BCUT2D eigenvalue weighted by Crippen LogP contribution is -2.25. The minimum absolute atomic E-state index is 0.0875. The van der Waals surface area contributed by atoms with Crippen LogP contribution in [-0.2, 0) is 6.42 Å². The highest BCUT2D eigenvalue weighted by molar-refractivity contribution is 9.10. The number of halogens is 1. The van der Waals surface area contributed by atoms with Crippen molar-refractivity contribution in [1.82, 2.24) is 20.3 Å². The number of hydrogen-bond acceptors (Lipinski definition) is 2. The van der Waals surface area contributed by atoms with Crippen LogP contribution in [0.4, 0.5) is 0 Å². The van der Waals surface area contributed by atoms with Crippen molar-refractivity contribution < 1.29 is 4.79 Å². The third-order valence-corrected chi connectivity index (χ3v) is 4.47. The molecule has 3 N–H and O–H groups in total. The monoisotopic (exact) mass is 382 g/mol. The topological polar surface area (TPSA) is 73.6 Å². The molecule has 120 valence electrons. The highest BCUT2D eigenvalue weighted by atomic mass is 79.9. The van der Waals surface area contributed by atoms with Crippen molar-refractivity contribution in [1.29, 1.82) is 0 Å². The Kier molecular flexibility index (Phi) is 3.82. The summed E-state index contributed by atoms with van der Waals surface area (Å²) in [7, 11) is 0. The molecular formula is C18H15BrN4O. The van der Waals surface area contributed by atoms with Crippen molar-refractivity contribution in [3.63, 3.8) is 0 Å². The van der Waals surface area contributed by atoms with Gasteiger partial charge in [-0.05, 0) is 30.3 Å². The van der Waals surface area contributed by atoms with Gasteiger partial charge in [0, 0.05) is 34.5 Å². The van der Waals surface area contributed by atoms with E-state index in [0.29, 0.717) is 18.5 Å². The molecule has 0 unspecified atom stereocenters. The number of para-hydroxylation sites is 2. The fourth-order valence-corrected chi connectivity index (χ4v) is 3.16. The van der Waals surface area contributed by atoms with Crippen molar-refractivity contribution in [3.8, 4) is 0 Å². The van der Waals surface area contributed by atoms with Crippen LogP contribution >= 0.6 is 15.9 Å². The molecule has 4 rings (SSSR count). The second-order valence-corrected chi connectivity index (χ2v) is 6.51. The van der Waals surface area contributed by atoms with Gasteiger partial charge in [0.2, 0.25) is 0 Å². The van der Waals surface area contributed by atoms with E-state index in [1.54, 1.807) is 6.20 Å². The van der Waals surface area contributed by atoms with Crippen LogP contribution in [-0.4, -0.2) is 27.4 Å². The number of nitrogens with zero attached hydrogens (tertiary/aromatic N) is 1. The summed E-state index contributed by atoms with van der Waals surface area (Å²) < 4.78 is 0.950. The maximum atomic E-state index is 12.4.